The number of ketones is 1. The topological polar surface area (TPSA) is 143 Å². The number of anilines is 1. The number of Topliss-reactive ketones (excluding diaryl/α,β-unsaturated/α-hetero) is 1. The first-order valence-electron chi connectivity index (χ1n) is 14.3. The van der Waals surface area contributed by atoms with E-state index in [-0.39, 0.29) is 24.9 Å². The largest absolute Gasteiger partial charge is 0.472 e. The van der Waals surface area contributed by atoms with E-state index in [1.165, 1.54) is 22.4 Å². The minimum Gasteiger partial charge on any atom is -0.472 e. The summed E-state index contributed by atoms with van der Waals surface area (Å²) in [5, 5.41) is 11.7. The van der Waals surface area contributed by atoms with Gasteiger partial charge in [0, 0.05) is 30.1 Å². The van der Waals surface area contributed by atoms with Crippen LogP contribution in [0.4, 0.5) is 5.13 Å². The Balaban J connectivity index is 1.57. The summed E-state index contributed by atoms with van der Waals surface area (Å²) in [6, 6.07) is 0.660. The molecule has 2 aromatic heterocycles. The lowest BCUT2D eigenvalue weighted by molar-refractivity contribution is -0.143. The van der Waals surface area contributed by atoms with Gasteiger partial charge in [-0.3, -0.25) is 19.2 Å². The van der Waals surface area contributed by atoms with Crippen molar-refractivity contribution in [3.63, 3.8) is 0 Å². The summed E-state index contributed by atoms with van der Waals surface area (Å²) in [4.78, 5) is 63.6. The van der Waals surface area contributed by atoms with Gasteiger partial charge in [0.2, 0.25) is 23.5 Å². The molecule has 2 fully saturated rings. The fourth-order valence-corrected chi connectivity index (χ4v) is 5.63. The number of aryl methyl sites for hydroxylation is 1. The van der Waals surface area contributed by atoms with Crippen LogP contribution in [0.15, 0.2) is 23.7 Å². The van der Waals surface area contributed by atoms with Crippen LogP contribution in [0.3, 0.4) is 0 Å². The molecule has 3 heterocycles. The van der Waals surface area contributed by atoms with E-state index in [1.807, 2.05) is 40.0 Å². The second-order valence-electron chi connectivity index (χ2n) is 12.0. The maximum atomic E-state index is 14.2. The van der Waals surface area contributed by atoms with Crippen LogP contribution in [0.1, 0.15) is 65.5 Å². The number of amides is 3. The lowest BCUT2D eigenvalue weighted by Crippen LogP contribution is -2.56. The lowest BCUT2D eigenvalue weighted by Gasteiger charge is -2.35. The normalized spacial score (nSPS) is 20.0. The average molecular weight is 619 g/mol. The number of nitrogens with zero attached hydrogens (tertiary/aromatic N) is 3. The molecule has 1 aliphatic heterocycles. The molecule has 1 saturated heterocycles. The van der Waals surface area contributed by atoms with Gasteiger partial charge in [-0.15, -0.1) is 11.3 Å². The highest BCUT2D eigenvalue weighted by Crippen LogP contribution is 2.31. The maximum absolute atomic E-state index is 14.2. The van der Waals surface area contributed by atoms with Crippen LogP contribution >= 0.6 is 22.9 Å². The molecule has 3 amide bonds. The summed E-state index contributed by atoms with van der Waals surface area (Å²) in [7, 11) is 0. The van der Waals surface area contributed by atoms with Crippen molar-refractivity contribution >= 4 is 51.6 Å². The molecule has 13 heteroatoms. The summed E-state index contributed by atoms with van der Waals surface area (Å²) >= 11 is 7.37. The minimum atomic E-state index is -0.995. The summed E-state index contributed by atoms with van der Waals surface area (Å²) in [5.41, 5.74) is 0.304. The number of aromatic nitrogens is 2. The third kappa shape index (κ3) is 8.19. The third-order valence-corrected chi connectivity index (χ3v) is 8.30. The quantitative estimate of drug-likeness (QED) is 0.307. The van der Waals surface area contributed by atoms with Crippen LogP contribution in [0.2, 0.25) is 5.02 Å². The molecular formula is C29H39ClN6O5S. The van der Waals surface area contributed by atoms with Gasteiger partial charge in [0.15, 0.2) is 5.13 Å². The van der Waals surface area contributed by atoms with Crippen LogP contribution in [0.5, 0.6) is 5.88 Å². The van der Waals surface area contributed by atoms with E-state index in [2.05, 4.69) is 25.9 Å². The van der Waals surface area contributed by atoms with Gasteiger partial charge in [-0.25, -0.2) is 9.97 Å². The first-order valence-corrected chi connectivity index (χ1v) is 15.5. The van der Waals surface area contributed by atoms with Crippen molar-refractivity contribution in [2.75, 3.05) is 11.9 Å². The molecule has 1 saturated carbocycles. The smallest absolute Gasteiger partial charge is 0.289 e. The summed E-state index contributed by atoms with van der Waals surface area (Å²) in [6.07, 6.45) is 3.66. The van der Waals surface area contributed by atoms with Gasteiger partial charge in [-0.2, -0.15) is 0 Å². The van der Waals surface area contributed by atoms with Crippen LogP contribution in [0, 0.1) is 12.3 Å². The predicted molar refractivity (Wildman–Crippen MR) is 161 cm³/mol. The molecule has 42 heavy (non-hydrogen) atoms. The number of thiazole rings is 1. The van der Waals surface area contributed by atoms with Gasteiger partial charge in [0.05, 0.1) is 23.3 Å². The number of hydrogen-bond donors (Lipinski definition) is 3. The van der Waals surface area contributed by atoms with Crippen molar-refractivity contribution in [2.24, 2.45) is 5.41 Å². The zero-order chi connectivity index (χ0) is 30.6. The number of ether oxygens (including phenoxy) is 1. The van der Waals surface area contributed by atoms with E-state index in [1.54, 1.807) is 12.1 Å². The monoisotopic (exact) mass is 618 g/mol. The molecule has 0 spiro atoms. The van der Waals surface area contributed by atoms with Crippen molar-refractivity contribution in [1.29, 1.82) is 0 Å². The van der Waals surface area contributed by atoms with E-state index in [0.717, 1.165) is 18.5 Å². The Morgan fingerprint density at radius 3 is 2.52 bits per heavy atom. The fourth-order valence-electron chi connectivity index (χ4n) is 4.80. The van der Waals surface area contributed by atoms with E-state index in [4.69, 9.17) is 16.3 Å². The third-order valence-electron chi connectivity index (χ3n) is 7.18. The molecule has 4 atom stereocenters. The molecule has 3 N–H and O–H groups in total. The molecule has 2 aromatic rings. The Labute approximate surface area is 255 Å². The van der Waals surface area contributed by atoms with Crippen LogP contribution < -0.4 is 20.7 Å². The zero-order valence-corrected chi connectivity index (χ0v) is 26.2. The van der Waals surface area contributed by atoms with E-state index >= 15 is 0 Å². The van der Waals surface area contributed by atoms with E-state index in [0.29, 0.717) is 28.9 Å². The van der Waals surface area contributed by atoms with Crippen molar-refractivity contribution in [1.82, 2.24) is 25.5 Å². The Hall–Kier alpha value is -3.25. The predicted octanol–water partition coefficient (Wildman–Crippen LogP) is 3.51. The summed E-state index contributed by atoms with van der Waals surface area (Å²) in [5.74, 6) is -1.86. The molecule has 0 radical (unpaired) electrons. The van der Waals surface area contributed by atoms with E-state index in [9.17, 15) is 19.2 Å². The number of nitrogens with one attached hydrogen (secondary N) is 3. The SMILES string of the molecule is CCC[C@@H](NC(=O)[C@H]1CC(Oc2ccc(Cl)cn2)CN1C(=O)[C@H](Nc1nc(C)cs1)C(C)(C)C)C(=O)C(=O)NC1CC1. The number of hydrogen-bond acceptors (Lipinski definition) is 9. The molecule has 1 unspecified atom stereocenters. The highest BCUT2D eigenvalue weighted by atomic mass is 35.5. The van der Waals surface area contributed by atoms with Crippen molar-refractivity contribution < 1.29 is 23.9 Å². The molecular weight excluding hydrogens is 580 g/mol. The lowest BCUT2D eigenvalue weighted by atomic mass is 9.85. The highest BCUT2D eigenvalue weighted by Gasteiger charge is 2.46. The van der Waals surface area contributed by atoms with Crippen LogP contribution in [-0.2, 0) is 19.2 Å². The van der Waals surface area contributed by atoms with E-state index < -0.39 is 47.2 Å². The number of pyridine rings is 1. The van der Waals surface area contributed by atoms with Gasteiger partial charge in [-0.1, -0.05) is 45.7 Å². The number of carbonyl (C=O) groups is 4. The average Bonchev–Trinajstić information content (AvgIpc) is 3.48. The first kappa shape index (κ1) is 31.7. The fraction of sp³-hybridized carbons (Fsp3) is 0.586. The number of likely N-dealkylation sites (tertiary alicyclic amines) is 1. The van der Waals surface area contributed by atoms with Gasteiger partial charge in [-0.05, 0) is 37.7 Å². The summed E-state index contributed by atoms with van der Waals surface area (Å²) in [6.45, 7) is 9.69. The van der Waals surface area contributed by atoms with Crippen molar-refractivity contribution in [3.8, 4) is 5.88 Å². The molecule has 1 aliphatic carbocycles. The Morgan fingerprint density at radius 2 is 1.95 bits per heavy atom. The number of carbonyl (C=O) groups excluding carboxylic acids is 4. The Bertz CT molecular complexity index is 1290. The molecule has 0 aromatic carbocycles. The molecule has 4 rings (SSSR count). The van der Waals surface area contributed by atoms with Gasteiger partial charge in [0.1, 0.15) is 18.2 Å². The second kappa shape index (κ2) is 13.4. The van der Waals surface area contributed by atoms with Crippen molar-refractivity contribution in [3.05, 3.63) is 34.4 Å². The van der Waals surface area contributed by atoms with Gasteiger partial charge < -0.3 is 25.6 Å². The van der Waals surface area contributed by atoms with Crippen LogP contribution in [0.25, 0.3) is 0 Å². The summed E-state index contributed by atoms with van der Waals surface area (Å²) < 4.78 is 6.06. The van der Waals surface area contributed by atoms with Crippen LogP contribution in [-0.4, -0.2) is 75.2 Å². The highest BCUT2D eigenvalue weighted by molar-refractivity contribution is 7.13. The number of halogens is 1. The van der Waals surface area contributed by atoms with Gasteiger partial charge in [0.25, 0.3) is 5.91 Å². The maximum Gasteiger partial charge on any atom is 0.289 e. The number of rotatable bonds is 12. The molecule has 11 nitrogen and oxygen atoms in total. The minimum absolute atomic E-state index is 0.0187. The Morgan fingerprint density at radius 1 is 1.21 bits per heavy atom. The first-order chi connectivity index (χ1) is 19.8. The zero-order valence-electron chi connectivity index (χ0n) is 24.6. The molecule has 2 aliphatic rings. The standard InChI is InChI=1S/C29H39ClN6O5S/c1-6-7-20(23(37)26(39)33-18-9-10-18)34-25(38)21-12-19(41-22-11-8-17(30)13-31-22)14-36(21)27(40)24(29(3,4)5)35-28-32-16(2)15-42-28/h8,11,13,15,18-21,24H,6-7,9-10,12,14H2,1-5H3,(H,32,35)(H,33,39)(H,34,38)/t19?,20-,21-,24+/m1/s1. The second-order valence-corrected chi connectivity index (χ2v) is 13.3. The van der Waals surface area contributed by atoms with Gasteiger partial charge >= 0.3 is 0 Å². The molecule has 0 bridgehead atoms. The molecule has 228 valence electrons. The van der Waals surface area contributed by atoms with Crippen molar-refractivity contribution in [2.45, 2.75) is 97.0 Å². The Kier molecular flexibility index (Phi) is 10.1.